The third-order valence-corrected chi connectivity index (χ3v) is 7.45. The number of carbonyl (C=O) groups is 2. The maximum Gasteiger partial charge on any atom is 0.337 e. The molecule has 0 saturated carbocycles. The van der Waals surface area contributed by atoms with Crippen molar-refractivity contribution in [2.24, 2.45) is 0 Å². The lowest BCUT2D eigenvalue weighted by Crippen LogP contribution is -2.16. The topological polar surface area (TPSA) is 67.4 Å². The van der Waals surface area contributed by atoms with Gasteiger partial charge >= 0.3 is 5.97 Å². The van der Waals surface area contributed by atoms with Crippen LogP contribution < -0.4 is 10.6 Å². The van der Waals surface area contributed by atoms with Crippen LogP contribution >= 0.6 is 11.3 Å². The van der Waals surface area contributed by atoms with Crippen molar-refractivity contribution in [1.82, 2.24) is 0 Å². The quantitative estimate of drug-likeness (QED) is 0.410. The number of ether oxygens (including phenoxy) is 1. The molecule has 4 rings (SSSR count). The molecule has 0 radical (unpaired) electrons. The van der Waals surface area contributed by atoms with E-state index in [1.165, 1.54) is 35.1 Å². The van der Waals surface area contributed by atoms with Crippen LogP contribution in [-0.4, -0.2) is 26.0 Å². The smallest absolute Gasteiger partial charge is 0.337 e. The minimum atomic E-state index is -0.310. The summed E-state index contributed by atoms with van der Waals surface area (Å²) in [5.74, 6) is -0.336. The SMILES string of the molecule is CNc1sc2c(c1C(=O)Nc1ccc(CCCc3ccc(C(=O)OC)cc3)cc1)CCCC2. The Bertz CT molecular complexity index is 1120. The minimum absolute atomic E-state index is 0.0260. The van der Waals surface area contributed by atoms with Crippen molar-refractivity contribution in [1.29, 1.82) is 0 Å². The van der Waals surface area contributed by atoms with Crippen LogP contribution in [-0.2, 0) is 30.4 Å². The second kappa shape index (κ2) is 10.7. The predicted octanol–water partition coefficient (Wildman–Crippen LogP) is 5.88. The maximum atomic E-state index is 13.1. The molecular formula is C27H30N2O3S. The normalized spacial score (nSPS) is 12.7. The summed E-state index contributed by atoms with van der Waals surface area (Å²) >= 11 is 1.72. The van der Waals surface area contributed by atoms with E-state index >= 15 is 0 Å². The number of rotatable bonds is 8. The van der Waals surface area contributed by atoms with E-state index in [9.17, 15) is 9.59 Å². The molecule has 0 atom stereocenters. The van der Waals surface area contributed by atoms with Crippen LogP contribution in [0.2, 0.25) is 0 Å². The lowest BCUT2D eigenvalue weighted by atomic mass is 9.95. The fourth-order valence-corrected chi connectivity index (χ4v) is 5.59. The van der Waals surface area contributed by atoms with Crippen molar-refractivity contribution in [2.45, 2.75) is 44.9 Å². The number of carbonyl (C=O) groups excluding carboxylic acids is 2. The number of esters is 1. The van der Waals surface area contributed by atoms with E-state index in [0.717, 1.165) is 54.8 Å². The summed E-state index contributed by atoms with van der Waals surface area (Å²) in [5, 5.41) is 7.27. The number of hydrogen-bond acceptors (Lipinski definition) is 5. The van der Waals surface area contributed by atoms with Crippen LogP contribution in [0.15, 0.2) is 48.5 Å². The lowest BCUT2D eigenvalue weighted by Gasteiger charge is -2.13. The zero-order chi connectivity index (χ0) is 23.2. The molecule has 0 spiro atoms. The molecule has 6 heteroatoms. The Labute approximate surface area is 199 Å². The highest BCUT2D eigenvalue weighted by Crippen LogP contribution is 2.38. The highest BCUT2D eigenvalue weighted by atomic mass is 32.1. The number of fused-ring (bicyclic) bond motifs is 1. The van der Waals surface area contributed by atoms with Gasteiger partial charge < -0.3 is 15.4 Å². The lowest BCUT2D eigenvalue weighted by molar-refractivity contribution is 0.0600. The summed E-state index contributed by atoms with van der Waals surface area (Å²) in [6.07, 6.45) is 7.32. The molecule has 1 aliphatic carbocycles. The second-order valence-electron chi connectivity index (χ2n) is 8.36. The van der Waals surface area contributed by atoms with E-state index in [1.54, 1.807) is 11.3 Å². The van der Waals surface area contributed by atoms with Crippen LogP contribution in [0.25, 0.3) is 0 Å². The van der Waals surface area contributed by atoms with E-state index in [2.05, 4.69) is 22.8 Å². The fourth-order valence-electron chi connectivity index (χ4n) is 4.35. The van der Waals surface area contributed by atoms with Gasteiger partial charge in [-0.2, -0.15) is 0 Å². The molecular weight excluding hydrogens is 432 g/mol. The highest BCUT2D eigenvalue weighted by Gasteiger charge is 2.24. The summed E-state index contributed by atoms with van der Waals surface area (Å²) in [7, 11) is 3.28. The molecule has 2 aromatic carbocycles. The van der Waals surface area contributed by atoms with Crippen LogP contribution in [0.4, 0.5) is 10.7 Å². The molecule has 1 heterocycles. The standard InChI is InChI=1S/C27H30N2O3S/c1-28-26-24(22-8-3-4-9-23(22)33-26)25(30)29-21-16-12-19(13-17-21)7-5-6-18-10-14-20(15-11-18)27(31)32-2/h10-17,28H,3-9H2,1-2H3,(H,29,30). The first kappa shape index (κ1) is 23.1. The Morgan fingerprint density at radius 3 is 2.21 bits per heavy atom. The van der Waals surface area contributed by atoms with Crippen LogP contribution in [0.5, 0.6) is 0 Å². The van der Waals surface area contributed by atoms with Gasteiger partial charge in [0.25, 0.3) is 5.91 Å². The molecule has 172 valence electrons. The maximum absolute atomic E-state index is 13.1. The largest absolute Gasteiger partial charge is 0.465 e. The fraction of sp³-hybridized carbons (Fsp3) is 0.333. The predicted molar refractivity (Wildman–Crippen MR) is 135 cm³/mol. The highest BCUT2D eigenvalue weighted by molar-refractivity contribution is 7.16. The zero-order valence-corrected chi connectivity index (χ0v) is 20.0. The average molecular weight is 463 g/mol. The van der Waals surface area contributed by atoms with Crippen LogP contribution in [0, 0.1) is 0 Å². The van der Waals surface area contributed by atoms with Gasteiger partial charge in [0.15, 0.2) is 0 Å². The Hall–Kier alpha value is -3.12. The molecule has 2 N–H and O–H groups in total. The monoisotopic (exact) mass is 462 g/mol. The number of thiophene rings is 1. The van der Waals surface area contributed by atoms with Crippen molar-refractivity contribution < 1.29 is 14.3 Å². The molecule has 1 aliphatic rings. The molecule has 0 fully saturated rings. The van der Waals surface area contributed by atoms with E-state index in [1.807, 2.05) is 43.4 Å². The molecule has 0 aliphatic heterocycles. The van der Waals surface area contributed by atoms with Gasteiger partial charge in [0.1, 0.15) is 5.00 Å². The van der Waals surface area contributed by atoms with Crippen molar-refractivity contribution >= 4 is 33.9 Å². The molecule has 1 amide bonds. The van der Waals surface area contributed by atoms with Crippen LogP contribution in [0.1, 0.15) is 61.5 Å². The molecule has 1 aromatic heterocycles. The summed E-state index contributed by atoms with van der Waals surface area (Å²) in [5.41, 5.74) is 5.88. The zero-order valence-electron chi connectivity index (χ0n) is 19.2. The summed E-state index contributed by atoms with van der Waals surface area (Å²) in [6.45, 7) is 0. The number of aryl methyl sites for hydroxylation is 3. The molecule has 33 heavy (non-hydrogen) atoms. The first-order valence-electron chi connectivity index (χ1n) is 11.5. The number of nitrogens with one attached hydrogen (secondary N) is 2. The Balaban J connectivity index is 1.32. The van der Waals surface area contributed by atoms with E-state index in [0.29, 0.717) is 5.56 Å². The molecule has 0 saturated heterocycles. The number of benzene rings is 2. The van der Waals surface area contributed by atoms with Gasteiger partial charge in [-0.1, -0.05) is 24.3 Å². The van der Waals surface area contributed by atoms with Gasteiger partial charge in [0, 0.05) is 17.6 Å². The van der Waals surface area contributed by atoms with Gasteiger partial charge in [-0.05, 0) is 85.9 Å². The molecule has 0 unspecified atom stereocenters. The molecule has 3 aromatic rings. The molecule has 5 nitrogen and oxygen atoms in total. The summed E-state index contributed by atoms with van der Waals surface area (Å²) < 4.78 is 4.74. The van der Waals surface area contributed by atoms with Crippen molar-refractivity contribution in [3.8, 4) is 0 Å². The Kier molecular flexibility index (Phi) is 7.45. The van der Waals surface area contributed by atoms with Crippen molar-refractivity contribution in [2.75, 3.05) is 24.8 Å². The van der Waals surface area contributed by atoms with Gasteiger partial charge in [-0.15, -0.1) is 11.3 Å². The Morgan fingerprint density at radius 2 is 1.58 bits per heavy atom. The number of anilines is 2. The van der Waals surface area contributed by atoms with Crippen molar-refractivity contribution in [3.63, 3.8) is 0 Å². The Morgan fingerprint density at radius 1 is 0.939 bits per heavy atom. The van der Waals surface area contributed by atoms with E-state index < -0.39 is 0 Å². The average Bonchev–Trinajstić information content (AvgIpc) is 3.24. The second-order valence-corrected chi connectivity index (χ2v) is 9.46. The first-order chi connectivity index (χ1) is 16.1. The summed E-state index contributed by atoms with van der Waals surface area (Å²) in [4.78, 5) is 25.9. The van der Waals surface area contributed by atoms with Gasteiger partial charge in [0.2, 0.25) is 0 Å². The third kappa shape index (κ3) is 5.45. The van der Waals surface area contributed by atoms with E-state index in [4.69, 9.17) is 4.74 Å². The van der Waals surface area contributed by atoms with E-state index in [-0.39, 0.29) is 11.9 Å². The third-order valence-electron chi connectivity index (χ3n) is 6.14. The van der Waals surface area contributed by atoms with Gasteiger partial charge in [-0.25, -0.2) is 4.79 Å². The number of amides is 1. The first-order valence-corrected chi connectivity index (χ1v) is 12.3. The van der Waals surface area contributed by atoms with Gasteiger partial charge in [-0.3, -0.25) is 4.79 Å². The van der Waals surface area contributed by atoms with Crippen LogP contribution in [0.3, 0.4) is 0 Å². The van der Waals surface area contributed by atoms with Crippen molar-refractivity contribution in [3.05, 3.63) is 81.2 Å². The van der Waals surface area contributed by atoms with Gasteiger partial charge in [0.05, 0.1) is 18.2 Å². The molecule has 0 bridgehead atoms. The summed E-state index contributed by atoms with van der Waals surface area (Å²) in [6, 6.07) is 15.7. The number of hydrogen-bond donors (Lipinski definition) is 2. The minimum Gasteiger partial charge on any atom is -0.465 e. The number of methoxy groups -OCH3 is 1.